The summed E-state index contributed by atoms with van der Waals surface area (Å²) >= 11 is 1.52. The largest absolute Gasteiger partial charge is 0.308 e. The van der Waals surface area contributed by atoms with Crippen LogP contribution in [0.2, 0.25) is 0 Å². The number of allylic oxidation sites excluding steroid dienone is 2. The van der Waals surface area contributed by atoms with Gasteiger partial charge in [0.2, 0.25) is 0 Å². The fraction of sp³-hybridized carbons (Fsp3) is 0.400. The molecule has 3 aliphatic rings. The predicted octanol–water partition coefficient (Wildman–Crippen LogP) is 1.73. The van der Waals surface area contributed by atoms with Crippen molar-refractivity contribution in [2.45, 2.75) is 12.5 Å². The molecule has 0 bridgehead atoms. The maximum Gasteiger partial charge on any atom is 0.0666 e. The molecule has 1 saturated carbocycles. The van der Waals surface area contributed by atoms with Crippen molar-refractivity contribution in [3.8, 4) is 0 Å². The number of fused-ring (bicyclic) bond motifs is 1. The van der Waals surface area contributed by atoms with Gasteiger partial charge in [0, 0.05) is 17.9 Å². The van der Waals surface area contributed by atoms with Gasteiger partial charge < -0.3 is 5.32 Å². The molecule has 1 radical (unpaired) electrons. The Morgan fingerprint density at radius 2 is 2.46 bits per heavy atom. The van der Waals surface area contributed by atoms with Crippen LogP contribution >= 0.6 is 11.9 Å². The van der Waals surface area contributed by atoms with Crippen LogP contribution in [0.3, 0.4) is 0 Å². The second kappa shape index (κ2) is 3.00. The van der Waals surface area contributed by atoms with Crippen molar-refractivity contribution in [2.75, 3.05) is 6.54 Å². The van der Waals surface area contributed by atoms with E-state index in [9.17, 15) is 0 Å². The molecule has 1 aliphatic carbocycles. The Bertz CT molecular complexity index is 306. The molecular weight excluding hydrogens is 180 g/mol. The van der Waals surface area contributed by atoms with Crippen LogP contribution in [0.1, 0.15) is 6.42 Å². The molecule has 3 heteroatoms. The summed E-state index contributed by atoms with van der Waals surface area (Å²) in [6.07, 6.45) is 7.53. The third-order valence-electron chi connectivity index (χ3n) is 2.76. The Labute approximate surface area is 82.3 Å². The lowest BCUT2D eigenvalue weighted by molar-refractivity contribution is 0.706. The average Bonchev–Trinajstić information content (AvgIpc) is 2.88. The number of hydrogen-bond acceptors (Lipinski definition) is 3. The molecule has 1 saturated heterocycles. The van der Waals surface area contributed by atoms with Gasteiger partial charge in [-0.1, -0.05) is 12.2 Å². The van der Waals surface area contributed by atoms with E-state index in [1.165, 1.54) is 24.1 Å². The third kappa shape index (κ3) is 1.36. The van der Waals surface area contributed by atoms with Crippen molar-refractivity contribution < 1.29 is 0 Å². The number of nitrogens with zero attached hydrogens (tertiary/aromatic N) is 1. The van der Waals surface area contributed by atoms with E-state index < -0.39 is 0 Å². The highest BCUT2D eigenvalue weighted by molar-refractivity contribution is 8.01. The van der Waals surface area contributed by atoms with Crippen LogP contribution in [-0.4, -0.2) is 18.3 Å². The zero-order valence-electron chi connectivity index (χ0n) is 7.23. The molecule has 0 aromatic carbocycles. The first kappa shape index (κ1) is 7.83. The van der Waals surface area contributed by atoms with Crippen LogP contribution in [0.25, 0.3) is 0 Å². The van der Waals surface area contributed by atoms with Crippen molar-refractivity contribution in [2.24, 2.45) is 10.3 Å². The Morgan fingerprint density at radius 1 is 1.46 bits per heavy atom. The van der Waals surface area contributed by atoms with E-state index in [1.807, 2.05) is 11.5 Å². The molecular formula is C10H11N2S. The van der Waals surface area contributed by atoms with Gasteiger partial charge in [-0.05, 0) is 30.4 Å². The van der Waals surface area contributed by atoms with E-state index in [0.29, 0.717) is 6.04 Å². The summed E-state index contributed by atoms with van der Waals surface area (Å²) in [6, 6.07) is 0.452. The molecule has 2 atom stereocenters. The molecule has 3 rings (SSSR count). The van der Waals surface area contributed by atoms with Crippen molar-refractivity contribution in [1.29, 1.82) is 0 Å². The zero-order valence-corrected chi connectivity index (χ0v) is 8.05. The molecule has 1 N–H and O–H groups in total. The molecule has 0 amide bonds. The molecule has 67 valence electrons. The normalized spacial score (nSPS) is 37.1. The minimum absolute atomic E-state index is 0.452. The first-order valence-corrected chi connectivity index (χ1v) is 5.45. The van der Waals surface area contributed by atoms with Gasteiger partial charge in [0.15, 0.2) is 0 Å². The second-order valence-corrected chi connectivity index (χ2v) is 4.29. The second-order valence-electron chi connectivity index (χ2n) is 3.63. The zero-order chi connectivity index (χ0) is 8.67. The maximum absolute atomic E-state index is 4.46. The summed E-state index contributed by atoms with van der Waals surface area (Å²) in [5.74, 6) is 2.52. The minimum atomic E-state index is 0.452. The molecule has 2 heterocycles. The minimum Gasteiger partial charge on any atom is -0.308 e. The highest BCUT2D eigenvalue weighted by Crippen LogP contribution is 2.48. The van der Waals surface area contributed by atoms with Gasteiger partial charge in [0.1, 0.15) is 0 Å². The van der Waals surface area contributed by atoms with Crippen molar-refractivity contribution in [3.05, 3.63) is 29.6 Å². The van der Waals surface area contributed by atoms with Crippen LogP contribution in [0.5, 0.6) is 0 Å². The standard InChI is InChI=1S/C10H11N2S/c1-2-4-13-12-9(3-1)10-8-5-7(8)6-11-10/h1-4,7,10-11H,5-6H2. The van der Waals surface area contributed by atoms with Gasteiger partial charge in [-0.2, -0.15) is 0 Å². The third-order valence-corrected chi connectivity index (χ3v) is 3.35. The average molecular weight is 191 g/mol. The lowest BCUT2D eigenvalue weighted by Gasteiger charge is -2.11. The lowest BCUT2D eigenvalue weighted by atomic mass is 10.1. The smallest absolute Gasteiger partial charge is 0.0666 e. The summed E-state index contributed by atoms with van der Waals surface area (Å²) in [5.41, 5.74) is 1.19. The van der Waals surface area contributed by atoms with E-state index in [0.717, 1.165) is 12.5 Å². The van der Waals surface area contributed by atoms with Crippen LogP contribution in [0.15, 0.2) is 28.0 Å². The fourth-order valence-corrected chi connectivity index (χ4v) is 2.48. The van der Waals surface area contributed by atoms with Gasteiger partial charge in [-0.3, -0.25) is 0 Å². The molecule has 13 heavy (non-hydrogen) atoms. The molecule has 2 fully saturated rings. The summed E-state index contributed by atoms with van der Waals surface area (Å²) in [5, 5.41) is 5.50. The molecule has 0 aromatic rings. The van der Waals surface area contributed by atoms with E-state index in [1.54, 1.807) is 5.92 Å². The van der Waals surface area contributed by atoms with Crippen molar-refractivity contribution in [1.82, 2.24) is 5.32 Å². The number of nitrogens with one attached hydrogen (secondary N) is 1. The number of rotatable bonds is 1. The first-order valence-electron chi connectivity index (χ1n) is 4.61. The van der Waals surface area contributed by atoms with E-state index in [-0.39, 0.29) is 0 Å². The summed E-state index contributed by atoms with van der Waals surface area (Å²) in [6.45, 7) is 1.16. The van der Waals surface area contributed by atoms with E-state index in [4.69, 9.17) is 0 Å². The summed E-state index contributed by atoms with van der Waals surface area (Å²) in [7, 11) is 0. The van der Waals surface area contributed by atoms with E-state index >= 15 is 0 Å². The number of hydrogen-bond donors (Lipinski definition) is 1. The Morgan fingerprint density at radius 3 is 3.23 bits per heavy atom. The van der Waals surface area contributed by atoms with Gasteiger partial charge >= 0.3 is 0 Å². The first-order chi connectivity index (χ1) is 6.45. The highest BCUT2D eigenvalue weighted by Gasteiger charge is 2.50. The number of piperidine rings is 1. The lowest BCUT2D eigenvalue weighted by Crippen LogP contribution is -2.32. The Balaban J connectivity index is 1.80. The SMILES string of the molecule is C1=CSN=C(C2NCC3C[C]32)C=C1. The summed E-state index contributed by atoms with van der Waals surface area (Å²) < 4.78 is 4.46. The van der Waals surface area contributed by atoms with E-state index in [2.05, 4.69) is 21.9 Å². The van der Waals surface area contributed by atoms with Crippen LogP contribution < -0.4 is 5.32 Å². The topological polar surface area (TPSA) is 24.4 Å². The van der Waals surface area contributed by atoms with Gasteiger partial charge in [-0.25, -0.2) is 4.40 Å². The Kier molecular flexibility index (Phi) is 1.80. The molecule has 0 spiro atoms. The Hall–Kier alpha value is -0.540. The predicted molar refractivity (Wildman–Crippen MR) is 56.4 cm³/mol. The summed E-state index contributed by atoms with van der Waals surface area (Å²) in [4.78, 5) is 0. The quantitative estimate of drug-likeness (QED) is 0.638. The van der Waals surface area contributed by atoms with Crippen LogP contribution in [-0.2, 0) is 0 Å². The van der Waals surface area contributed by atoms with Gasteiger partial charge in [0.05, 0.1) is 11.8 Å². The fourth-order valence-electron chi connectivity index (χ4n) is 1.97. The molecule has 0 aromatic heterocycles. The van der Waals surface area contributed by atoms with Gasteiger partial charge in [0.25, 0.3) is 0 Å². The molecule has 2 unspecified atom stereocenters. The molecule has 2 aliphatic heterocycles. The monoisotopic (exact) mass is 191 g/mol. The highest BCUT2D eigenvalue weighted by atomic mass is 32.2. The van der Waals surface area contributed by atoms with Crippen molar-refractivity contribution in [3.63, 3.8) is 0 Å². The maximum atomic E-state index is 4.46. The van der Waals surface area contributed by atoms with Crippen molar-refractivity contribution >= 4 is 17.7 Å². The molecule has 2 nitrogen and oxygen atoms in total. The van der Waals surface area contributed by atoms with Crippen LogP contribution in [0, 0.1) is 11.8 Å². The van der Waals surface area contributed by atoms with Crippen LogP contribution in [0.4, 0.5) is 0 Å². The van der Waals surface area contributed by atoms with Gasteiger partial charge in [-0.15, -0.1) is 0 Å².